The fourth-order valence-electron chi connectivity index (χ4n) is 7.44. The van der Waals surface area contributed by atoms with Gasteiger partial charge in [-0.05, 0) is 76.0 Å². The average molecular weight is 377 g/mol. The first-order valence-electron chi connectivity index (χ1n) is 11.0. The SMILES string of the molecule is CCOC1CC[C@@]2(CO)C(=CC[C@@H]3[C@H]2CC[C@]2(C)C(OC(C)=O)CC[C@@H]32)C1. The van der Waals surface area contributed by atoms with Gasteiger partial charge < -0.3 is 14.6 Å². The average Bonchev–Trinajstić information content (AvgIpc) is 2.97. The van der Waals surface area contributed by atoms with Gasteiger partial charge >= 0.3 is 5.97 Å². The molecule has 0 bridgehead atoms. The topological polar surface area (TPSA) is 55.8 Å². The predicted octanol–water partition coefficient (Wildman–Crippen LogP) is 4.26. The zero-order valence-electron chi connectivity index (χ0n) is 17.2. The van der Waals surface area contributed by atoms with Gasteiger partial charge in [-0.25, -0.2) is 0 Å². The molecular formula is C23H36O4. The van der Waals surface area contributed by atoms with Crippen LogP contribution in [0.4, 0.5) is 0 Å². The molecule has 0 saturated heterocycles. The van der Waals surface area contributed by atoms with Crippen molar-refractivity contribution >= 4 is 5.97 Å². The zero-order valence-corrected chi connectivity index (χ0v) is 17.2. The Morgan fingerprint density at radius 2 is 2.04 bits per heavy atom. The molecule has 0 aromatic carbocycles. The molecule has 4 aliphatic carbocycles. The lowest BCUT2D eigenvalue weighted by Gasteiger charge is -2.58. The maximum absolute atomic E-state index is 11.6. The molecule has 7 atom stereocenters. The molecule has 0 aromatic rings. The molecule has 4 rings (SSSR count). The molecule has 4 heteroatoms. The van der Waals surface area contributed by atoms with Gasteiger partial charge in [0, 0.05) is 24.4 Å². The van der Waals surface area contributed by atoms with E-state index in [-0.39, 0.29) is 29.5 Å². The fourth-order valence-corrected chi connectivity index (χ4v) is 7.44. The van der Waals surface area contributed by atoms with E-state index in [0.717, 1.165) is 58.0 Å². The lowest BCUT2D eigenvalue weighted by molar-refractivity contribution is -0.157. The Balaban J connectivity index is 1.60. The van der Waals surface area contributed by atoms with Crippen molar-refractivity contribution in [3.05, 3.63) is 11.6 Å². The maximum atomic E-state index is 11.6. The largest absolute Gasteiger partial charge is 0.462 e. The summed E-state index contributed by atoms with van der Waals surface area (Å²) in [5.74, 6) is 1.64. The summed E-state index contributed by atoms with van der Waals surface area (Å²) < 4.78 is 11.7. The van der Waals surface area contributed by atoms with Crippen LogP contribution in [-0.4, -0.2) is 36.5 Å². The second-order valence-corrected chi connectivity index (χ2v) is 9.70. The molecule has 4 nitrogen and oxygen atoms in total. The van der Waals surface area contributed by atoms with Crippen molar-refractivity contribution in [1.82, 2.24) is 0 Å². The van der Waals surface area contributed by atoms with Gasteiger partial charge in [0.1, 0.15) is 6.10 Å². The Morgan fingerprint density at radius 1 is 1.22 bits per heavy atom. The van der Waals surface area contributed by atoms with Crippen LogP contribution in [0.1, 0.15) is 72.1 Å². The first kappa shape index (κ1) is 19.4. The van der Waals surface area contributed by atoms with Crippen LogP contribution >= 0.6 is 0 Å². The Hall–Kier alpha value is -0.870. The lowest BCUT2D eigenvalue weighted by atomic mass is 9.47. The summed E-state index contributed by atoms with van der Waals surface area (Å²) >= 11 is 0. The van der Waals surface area contributed by atoms with Crippen molar-refractivity contribution < 1.29 is 19.4 Å². The highest BCUT2D eigenvalue weighted by atomic mass is 16.5. The fraction of sp³-hybridized carbons (Fsp3) is 0.870. The number of aliphatic hydroxyl groups excluding tert-OH is 1. The van der Waals surface area contributed by atoms with Crippen LogP contribution in [0.5, 0.6) is 0 Å². The van der Waals surface area contributed by atoms with Gasteiger partial charge in [-0.15, -0.1) is 0 Å². The van der Waals surface area contributed by atoms with E-state index in [9.17, 15) is 9.90 Å². The minimum Gasteiger partial charge on any atom is -0.462 e. The van der Waals surface area contributed by atoms with Crippen molar-refractivity contribution in [2.75, 3.05) is 13.2 Å². The van der Waals surface area contributed by atoms with Gasteiger partial charge in [0.15, 0.2) is 0 Å². The summed E-state index contributed by atoms with van der Waals surface area (Å²) in [6, 6.07) is 0. The van der Waals surface area contributed by atoms with E-state index in [0.29, 0.717) is 23.9 Å². The lowest BCUT2D eigenvalue weighted by Crippen LogP contribution is -2.53. The van der Waals surface area contributed by atoms with Crippen LogP contribution in [0.25, 0.3) is 0 Å². The van der Waals surface area contributed by atoms with Gasteiger partial charge in [-0.3, -0.25) is 4.79 Å². The number of aliphatic hydroxyl groups is 1. The number of carbonyl (C=O) groups excluding carboxylic acids is 1. The molecule has 0 spiro atoms. The van der Waals surface area contributed by atoms with Crippen molar-refractivity contribution in [2.24, 2.45) is 28.6 Å². The van der Waals surface area contributed by atoms with Crippen LogP contribution < -0.4 is 0 Å². The highest BCUT2D eigenvalue weighted by Crippen LogP contribution is 2.65. The minimum absolute atomic E-state index is 0.0304. The van der Waals surface area contributed by atoms with Crippen LogP contribution in [-0.2, 0) is 14.3 Å². The molecule has 0 amide bonds. The summed E-state index contributed by atoms with van der Waals surface area (Å²) in [5, 5.41) is 10.6. The van der Waals surface area contributed by atoms with Crippen LogP contribution in [0.2, 0.25) is 0 Å². The third-order valence-electron chi connectivity index (χ3n) is 8.69. The van der Waals surface area contributed by atoms with E-state index in [1.54, 1.807) is 0 Å². The zero-order chi connectivity index (χ0) is 19.2. The third kappa shape index (κ3) is 2.98. The molecule has 1 N–H and O–H groups in total. The standard InChI is InChI=1S/C23H36O4/c1-4-26-17-9-12-23(14-24)16(13-17)5-6-18-19-7-8-21(27-15(2)25)22(19,3)11-10-20(18)23/h5,17-21,24H,4,6-14H2,1-3H3/t17?,18-,19-,20+,21?,22-,23+/m0/s1. The summed E-state index contributed by atoms with van der Waals surface area (Å²) in [7, 11) is 0. The molecule has 152 valence electrons. The highest BCUT2D eigenvalue weighted by molar-refractivity contribution is 5.66. The van der Waals surface area contributed by atoms with Gasteiger partial charge in [-0.1, -0.05) is 18.6 Å². The van der Waals surface area contributed by atoms with E-state index >= 15 is 0 Å². The first-order valence-corrected chi connectivity index (χ1v) is 11.0. The summed E-state index contributed by atoms with van der Waals surface area (Å²) in [5.41, 5.74) is 1.54. The molecule has 0 aliphatic heterocycles. The van der Waals surface area contributed by atoms with E-state index < -0.39 is 0 Å². The summed E-state index contributed by atoms with van der Waals surface area (Å²) in [6.45, 7) is 7.01. The summed E-state index contributed by atoms with van der Waals surface area (Å²) in [4.78, 5) is 11.6. The Kier molecular flexibility index (Phi) is 5.17. The maximum Gasteiger partial charge on any atom is 0.302 e. The number of ether oxygens (including phenoxy) is 2. The van der Waals surface area contributed by atoms with Gasteiger partial charge in [0.05, 0.1) is 12.7 Å². The van der Waals surface area contributed by atoms with Crippen LogP contribution in [0.3, 0.4) is 0 Å². The molecule has 27 heavy (non-hydrogen) atoms. The summed E-state index contributed by atoms with van der Waals surface area (Å²) in [6.07, 6.45) is 11.5. The third-order valence-corrected chi connectivity index (χ3v) is 8.69. The molecule has 3 saturated carbocycles. The van der Waals surface area contributed by atoms with Crippen LogP contribution in [0.15, 0.2) is 11.6 Å². The van der Waals surface area contributed by atoms with E-state index in [2.05, 4.69) is 19.9 Å². The number of carbonyl (C=O) groups is 1. The van der Waals surface area contributed by atoms with Crippen molar-refractivity contribution in [1.29, 1.82) is 0 Å². The number of rotatable bonds is 4. The quantitative estimate of drug-likeness (QED) is 0.588. The molecule has 3 fully saturated rings. The number of hydrogen-bond donors (Lipinski definition) is 1. The molecule has 0 radical (unpaired) electrons. The number of allylic oxidation sites excluding steroid dienone is 1. The minimum atomic E-state index is -0.143. The Labute approximate surface area is 163 Å². The molecule has 2 unspecified atom stereocenters. The highest BCUT2D eigenvalue weighted by Gasteiger charge is 2.60. The van der Waals surface area contributed by atoms with E-state index in [1.807, 2.05) is 0 Å². The van der Waals surface area contributed by atoms with E-state index in [1.165, 1.54) is 12.5 Å². The number of esters is 1. The van der Waals surface area contributed by atoms with Gasteiger partial charge in [-0.2, -0.15) is 0 Å². The van der Waals surface area contributed by atoms with Gasteiger partial charge in [0.25, 0.3) is 0 Å². The second kappa shape index (κ2) is 7.18. The van der Waals surface area contributed by atoms with Crippen LogP contribution in [0, 0.1) is 28.6 Å². The normalized spacial score (nSPS) is 46.1. The van der Waals surface area contributed by atoms with Crippen molar-refractivity contribution in [3.63, 3.8) is 0 Å². The molecule has 0 aromatic heterocycles. The number of fused-ring (bicyclic) bond motifs is 5. The Morgan fingerprint density at radius 3 is 2.74 bits per heavy atom. The van der Waals surface area contributed by atoms with Gasteiger partial charge in [0.2, 0.25) is 0 Å². The van der Waals surface area contributed by atoms with Crippen molar-refractivity contribution in [2.45, 2.75) is 84.3 Å². The monoisotopic (exact) mass is 376 g/mol. The Bertz CT molecular complexity index is 613. The molecular weight excluding hydrogens is 340 g/mol. The predicted molar refractivity (Wildman–Crippen MR) is 104 cm³/mol. The van der Waals surface area contributed by atoms with E-state index in [4.69, 9.17) is 9.47 Å². The van der Waals surface area contributed by atoms with Crippen molar-refractivity contribution in [3.8, 4) is 0 Å². The second-order valence-electron chi connectivity index (χ2n) is 9.70. The first-order chi connectivity index (χ1) is 12.9. The smallest absolute Gasteiger partial charge is 0.302 e. The molecule has 4 aliphatic rings. The molecule has 0 heterocycles. The number of hydrogen-bond acceptors (Lipinski definition) is 4.